The molecule has 1 atom stereocenters. The second-order valence-corrected chi connectivity index (χ2v) is 4.70. The summed E-state index contributed by atoms with van der Waals surface area (Å²) in [6.07, 6.45) is 3.03. The summed E-state index contributed by atoms with van der Waals surface area (Å²) in [7, 11) is 0. The minimum atomic E-state index is -0.880. The molecule has 110 valence electrons. The Balaban J connectivity index is 2.32. The molecule has 0 aliphatic carbocycles. The van der Waals surface area contributed by atoms with Crippen molar-refractivity contribution in [2.24, 2.45) is 5.92 Å². The number of hydrogen-bond donors (Lipinski definition) is 3. The van der Waals surface area contributed by atoms with Crippen LogP contribution in [0.1, 0.15) is 31.0 Å². The average Bonchev–Trinajstić information content (AvgIpc) is 2.42. The molecule has 1 unspecified atom stereocenters. The number of aromatic nitrogens is 1. The molecule has 0 saturated heterocycles. The Labute approximate surface area is 118 Å². The van der Waals surface area contributed by atoms with Gasteiger partial charge in [0.05, 0.1) is 5.92 Å². The van der Waals surface area contributed by atoms with E-state index in [4.69, 9.17) is 5.11 Å². The number of pyridine rings is 1. The second kappa shape index (κ2) is 8.14. The molecule has 6 nitrogen and oxygen atoms in total. The molecular weight excluding hydrogens is 258 g/mol. The van der Waals surface area contributed by atoms with E-state index in [1.165, 1.54) is 0 Å². The number of urea groups is 1. The second-order valence-electron chi connectivity index (χ2n) is 4.70. The van der Waals surface area contributed by atoms with Crippen molar-refractivity contribution in [2.75, 3.05) is 6.54 Å². The molecule has 0 aromatic carbocycles. The van der Waals surface area contributed by atoms with Crippen LogP contribution in [0.3, 0.4) is 0 Å². The standard InChI is InChI=1S/C14H21N3O3/c1-3-4-12(13(18)19)9-17-14(20)16-8-11-6-5-10(2)15-7-11/h5-7,12H,3-4,8-9H2,1-2H3,(H,18,19)(H2,16,17,20). The lowest BCUT2D eigenvalue weighted by atomic mass is 10.0. The van der Waals surface area contributed by atoms with Crippen molar-refractivity contribution < 1.29 is 14.7 Å². The molecule has 0 fully saturated rings. The smallest absolute Gasteiger partial charge is 0.315 e. The SMILES string of the molecule is CCCC(CNC(=O)NCc1ccc(C)nc1)C(=O)O. The van der Waals surface area contributed by atoms with Crippen molar-refractivity contribution in [3.63, 3.8) is 0 Å². The Hall–Kier alpha value is -2.11. The van der Waals surface area contributed by atoms with E-state index in [1.807, 2.05) is 26.0 Å². The molecule has 1 aromatic heterocycles. The molecule has 1 rings (SSSR count). The highest BCUT2D eigenvalue weighted by atomic mass is 16.4. The van der Waals surface area contributed by atoms with Crippen LogP contribution in [0, 0.1) is 12.8 Å². The number of carboxylic acid groups (broad SMARTS) is 1. The summed E-state index contributed by atoms with van der Waals surface area (Å²) in [5, 5.41) is 14.2. The third-order valence-electron chi connectivity index (χ3n) is 2.92. The Bertz CT molecular complexity index is 445. The summed E-state index contributed by atoms with van der Waals surface area (Å²) in [5.41, 5.74) is 1.82. The summed E-state index contributed by atoms with van der Waals surface area (Å²) in [6, 6.07) is 3.39. The fourth-order valence-corrected chi connectivity index (χ4v) is 1.73. The normalized spacial score (nSPS) is 11.7. The van der Waals surface area contributed by atoms with Crippen molar-refractivity contribution in [1.82, 2.24) is 15.6 Å². The molecular formula is C14H21N3O3. The van der Waals surface area contributed by atoms with Crippen LogP contribution in [0.25, 0.3) is 0 Å². The Morgan fingerprint density at radius 3 is 2.65 bits per heavy atom. The highest BCUT2D eigenvalue weighted by Crippen LogP contribution is 2.05. The zero-order chi connectivity index (χ0) is 15.0. The number of aryl methyl sites for hydroxylation is 1. The van der Waals surface area contributed by atoms with Gasteiger partial charge in [0.15, 0.2) is 0 Å². The zero-order valence-corrected chi connectivity index (χ0v) is 11.8. The third kappa shape index (κ3) is 5.69. The summed E-state index contributed by atoms with van der Waals surface area (Å²) >= 11 is 0. The van der Waals surface area contributed by atoms with Gasteiger partial charge in [-0.25, -0.2) is 4.79 Å². The number of rotatable bonds is 7. The van der Waals surface area contributed by atoms with Gasteiger partial charge in [0.25, 0.3) is 0 Å². The van der Waals surface area contributed by atoms with Crippen LogP contribution in [0.2, 0.25) is 0 Å². The first-order chi connectivity index (χ1) is 9.52. The molecule has 0 radical (unpaired) electrons. The number of carbonyl (C=O) groups is 2. The van der Waals surface area contributed by atoms with Gasteiger partial charge in [0.1, 0.15) is 0 Å². The van der Waals surface area contributed by atoms with Crippen LogP contribution in [0.15, 0.2) is 18.3 Å². The van der Waals surface area contributed by atoms with E-state index in [9.17, 15) is 9.59 Å². The summed E-state index contributed by atoms with van der Waals surface area (Å²) in [5.74, 6) is -1.42. The van der Waals surface area contributed by atoms with E-state index in [-0.39, 0.29) is 12.6 Å². The third-order valence-corrected chi connectivity index (χ3v) is 2.92. The molecule has 0 aliphatic rings. The van der Waals surface area contributed by atoms with Crippen LogP contribution in [0.5, 0.6) is 0 Å². The van der Waals surface area contributed by atoms with Gasteiger partial charge in [0, 0.05) is 25.0 Å². The maximum Gasteiger partial charge on any atom is 0.315 e. The van der Waals surface area contributed by atoms with Crippen molar-refractivity contribution in [3.8, 4) is 0 Å². The lowest BCUT2D eigenvalue weighted by molar-refractivity contribution is -0.141. The molecule has 0 spiro atoms. The number of aliphatic carboxylic acids is 1. The maximum atomic E-state index is 11.6. The number of hydrogen-bond acceptors (Lipinski definition) is 3. The summed E-state index contributed by atoms with van der Waals surface area (Å²) in [4.78, 5) is 26.6. The lowest BCUT2D eigenvalue weighted by Crippen LogP contribution is -2.39. The molecule has 1 heterocycles. The minimum absolute atomic E-state index is 0.140. The first kappa shape index (κ1) is 15.9. The molecule has 20 heavy (non-hydrogen) atoms. The van der Waals surface area contributed by atoms with Crippen molar-refractivity contribution >= 4 is 12.0 Å². The van der Waals surface area contributed by atoms with Gasteiger partial charge in [-0.2, -0.15) is 0 Å². The first-order valence-electron chi connectivity index (χ1n) is 6.69. The monoisotopic (exact) mass is 279 g/mol. The van der Waals surface area contributed by atoms with Gasteiger partial charge in [-0.05, 0) is 25.0 Å². The van der Waals surface area contributed by atoms with E-state index in [1.54, 1.807) is 6.20 Å². The molecule has 6 heteroatoms. The number of carboxylic acids is 1. The molecule has 2 amide bonds. The molecule has 3 N–H and O–H groups in total. The fraction of sp³-hybridized carbons (Fsp3) is 0.500. The van der Waals surface area contributed by atoms with E-state index >= 15 is 0 Å². The largest absolute Gasteiger partial charge is 0.481 e. The quantitative estimate of drug-likeness (QED) is 0.708. The fourth-order valence-electron chi connectivity index (χ4n) is 1.73. The van der Waals surface area contributed by atoms with Crippen LogP contribution in [-0.4, -0.2) is 28.6 Å². The van der Waals surface area contributed by atoms with E-state index in [2.05, 4.69) is 15.6 Å². The number of nitrogens with zero attached hydrogens (tertiary/aromatic N) is 1. The Morgan fingerprint density at radius 1 is 1.35 bits per heavy atom. The zero-order valence-electron chi connectivity index (χ0n) is 11.8. The predicted octanol–water partition coefficient (Wildman–Crippen LogP) is 1.69. The molecule has 0 saturated carbocycles. The van der Waals surface area contributed by atoms with Gasteiger partial charge in [-0.3, -0.25) is 9.78 Å². The van der Waals surface area contributed by atoms with Crippen LogP contribution >= 0.6 is 0 Å². The minimum Gasteiger partial charge on any atom is -0.481 e. The van der Waals surface area contributed by atoms with Crippen molar-refractivity contribution in [2.45, 2.75) is 33.2 Å². The van der Waals surface area contributed by atoms with Gasteiger partial charge in [-0.15, -0.1) is 0 Å². The lowest BCUT2D eigenvalue weighted by Gasteiger charge is -2.13. The molecule has 0 bridgehead atoms. The van der Waals surface area contributed by atoms with Crippen molar-refractivity contribution in [3.05, 3.63) is 29.6 Å². The topological polar surface area (TPSA) is 91.3 Å². The van der Waals surface area contributed by atoms with Gasteiger partial charge >= 0.3 is 12.0 Å². The summed E-state index contributed by atoms with van der Waals surface area (Å²) in [6.45, 7) is 4.32. The van der Waals surface area contributed by atoms with E-state index in [0.717, 1.165) is 17.7 Å². The predicted molar refractivity (Wildman–Crippen MR) is 75.2 cm³/mol. The number of amides is 2. The highest BCUT2D eigenvalue weighted by molar-refractivity contribution is 5.75. The molecule has 0 aliphatic heterocycles. The van der Waals surface area contributed by atoms with Crippen LogP contribution in [-0.2, 0) is 11.3 Å². The van der Waals surface area contributed by atoms with Crippen LogP contribution in [0.4, 0.5) is 4.79 Å². The van der Waals surface area contributed by atoms with Crippen molar-refractivity contribution in [1.29, 1.82) is 0 Å². The van der Waals surface area contributed by atoms with Gasteiger partial charge in [-0.1, -0.05) is 19.4 Å². The summed E-state index contributed by atoms with van der Waals surface area (Å²) < 4.78 is 0. The van der Waals surface area contributed by atoms with Gasteiger partial charge < -0.3 is 15.7 Å². The highest BCUT2D eigenvalue weighted by Gasteiger charge is 2.16. The average molecular weight is 279 g/mol. The number of nitrogens with one attached hydrogen (secondary N) is 2. The maximum absolute atomic E-state index is 11.6. The first-order valence-corrected chi connectivity index (χ1v) is 6.69. The Morgan fingerprint density at radius 2 is 2.10 bits per heavy atom. The number of carbonyl (C=O) groups excluding carboxylic acids is 1. The van der Waals surface area contributed by atoms with E-state index < -0.39 is 11.9 Å². The van der Waals surface area contributed by atoms with Crippen LogP contribution < -0.4 is 10.6 Å². The van der Waals surface area contributed by atoms with E-state index in [0.29, 0.717) is 13.0 Å². The van der Waals surface area contributed by atoms with Gasteiger partial charge in [0.2, 0.25) is 0 Å². The Kier molecular flexibility index (Phi) is 6.49. The molecule has 1 aromatic rings.